The van der Waals surface area contributed by atoms with Crippen LogP contribution >= 0.6 is 11.8 Å². The topological polar surface area (TPSA) is 59.3 Å². The van der Waals surface area contributed by atoms with Crippen molar-refractivity contribution in [3.8, 4) is 0 Å². The number of rotatable bonds is 5. The molecule has 2 heterocycles. The van der Waals surface area contributed by atoms with Crippen molar-refractivity contribution in [2.75, 3.05) is 12.3 Å². The van der Waals surface area contributed by atoms with E-state index < -0.39 is 0 Å². The lowest BCUT2D eigenvalue weighted by Crippen LogP contribution is -2.25. The number of benzene rings is 1. The SMILES string of the molecule is C=CCNC(=O)CSc1nnc2cc(C)c3ccccc3n12. The average Bonchev–Trinajstić information content (AvgIpc) is 2.94. The summed E-state index contributed by atoms with van der Waals surface area (Å²) in [6.07, 6.45) is 1.66. The van der Waals surface area contributed by atoms with Crippen LogP contribution < -0.4 is 5.32 Å². The highest BCUT2D eigenvalue weighted by atomic mass is 32.2. The van der Waals surface area contributed by atoms with Gasteiger partial charge in [-0.3, -0.25) is 9.20 Å². The molecule has 0 saturated heterocycles. The Morgan fingerprint density at radius 2 is 2.23 bits per heavy atom. The number of aromatic nitrogens is 3. The normalized spacial score (nSPS) is 11.0. The lowest BCUT2D eigenvalue weighted by atomic mass is 10.1. The maximum absolute atomic E-state index is 11.7. The van der Waals surface area contributed by atoms with Gasteiger partial charge in [0.1, 0.15) is 0 Å². The first kappa shape index (κ1) is 14.6. The molecule has 0 bridgehead atoms. The Bertz CT molecular complexity index is 856. The number of para-hydroxylation sites is 1. The number of nitrogens with zero attached hydrogens (tertiary/aromatic N) is 3. The number of hydrogen-bond donors (Lipinski definition) is 1. The molecular formula is C16H16N4OS. The standard InChI is InChI=1S/C16H16N4OS/c1-3-8-17-15(21)10-22-16-19-18-14-9-11(2)12-6-4-5-7-13(12)20(14)16/h3-7,9H,1,8,10H2,2H3,(H,17,21). The van der Waals surface area contributed by atoms with Crippen LogP contribution in [0.3, 0.4) is 0 Å². The Morgan fingerprint density at radius 1 is 1.41 bits per heavy atom. The van der Waals surface area contributed by atoms with E-state index in [1.807, 2.05) is 28.7 Å². The van der Waals surface area contributed by atoms with Crippen LogP contribution in [0.4, 0.5) is 0 Å². The van der Waals surface area contributed by atoms with Gasteiger partial charge in [0, 0.05) is 11.9 Å². The van der Waals surface area contributed by atoms with E-state index in [9.17, 15) is 4.79 Å². The maximum atomic E-state index is 11.7. The molecule has 1 aromatic carbocycles. The van der Waals surface area contributed by atoms with Crippen LogP contribution in [-0.2, 0) is 4.79 Å². The zero-order chi connectivity index (χ0) is 15.5. The van der Waals surface area contributed by atoms with E-state index in [-0.39, 0.29) is 5.91 Å². The number of nitrogens with one attached hydrogen (secondary N) is 1. The summed E-state index contributed by atoms with van der Waals surface area (Å²) in [5.41, 5.74) is 3.01. The summed E-state index contributed by atoms with van der Waals surface area (Å²) >= 11 is 1.38. The predicted octanol–water partition coefficient (Wildman–Crippen LogP) is 2.59. The van der Waals surface area contributed by atoms with Crippen LogP contribution in [-0.4, -0.2) is 32.8 Å². The highest BCUT2D eigenvalue weighted by Crippen LogP contribution is 2.25. The average molecular weight is 312 g/mol. The highest BCUT2D eigenvalue weighted by Gasteiger charge is 2.12. The third kappa shape index (κ3) is 2.69. The zero-order valence-electron chi connectivity index (χ0n) is 12.2. The molecule has 0 spiro atoms. The van der Waals surface area contributed by atoms with Gasteiger partial charge in [-0.25, -0.2) is 0 Å². The quantitative estimate of drug-likeness (QED) is 0.581. The van der Waals surface area contributed by atoms with Crippen LogP contribution in [0.15, 0.2) is 48.1 Å². The first-order valence-corrected chi connectivity index (χ1v) is 7.93. The van der Waals surface area contributed by atoms with E-state index >= 15 is 0 Å². The number of thioether (sulfide) groups is 1. The second-order valence-corrected chi connectivity index (χ2v) is 5.84. The smallest absolute Gasteiger partial charge is 0.230 e. The molecule has 112 valence electrons. The van der Waals surface area contributed by atoms with Gasteiger partial charge in [-0.05, 0) is 24.6 Å². The van der Waals surface area contributed by atoms with Crippen molar-refractivity contribution in [3.05, 3.63) is 48.6 Å². The number of carbonyl (C=O) groups excluding carboxylic acids is 1. The van der Waals surface area contributed by atoms with Crippen LogP contribution in [0.5, 0.6) is 0 Å². The van der Waals surface area contributed by atoms with Crippen LogP contribution in [0, 0.1) is 6.92 Å². The summed E-state index contributed by atoms with van der Waals surface area (Å²) in [7, 11) is 0. The van der Waals surface area contributed by atoms with Crippen LogP contribution in [0.25, 0.3) is 16.6 Å². The first-order chi connectivity index (χ1) is 10.7. The van der Waals surface area contributed by atoms with Crippen molar-refractivity contribution in [2.24, 2.45) is 0 Å². The van der Waals surface area contributed by atoms with E-state index in [1.54, 1.807) is 6.08 Å². The largest absolute Gasteiger partial charge is 0.352 e. The summed E-state index contributed by atoms with van der Waals surface area (Å²) in [4.78, 5) is 11.7. The fourth-order valence-electron chi connectivity index (χ4n) is 2.34. The van der Waals surface area contributed by atoms with Gasteiger partial charge in [0.15, 0.2) is 10.8 Å². The molecule has 0 aliphatic carbocycles. The van der Waals surface area contributed by atoms with Gasteiger partial charge in [0.25, 0.3) is 0 Å². The molecule has 22 heavy (non-hydrogen) atoms. The van der Waals surface area contributed by atoms with Gasteiger partial charge in [-0.2, -0.15) is 0 Å². The predicted molar refractivity (Wildman–Crippen MR) is 89.2 cm³/mol. The van der Waals surface area contributed by atoms with E-state index in [4.69, 9.17) is 0 Å². The molecule has 0 saturated carbocycles. The first-order valence-electron chi connectivity index (χ1n) is 6.94. The van der Waals surface area contributed by atoms with E-state index in [2.05, 4.69) is 35.1 Å². The molecule has 1 N–H and O–H groups in total. The molecule has 3 aromatic rings. The molecule has 3 rings (SSSR count). The monoisotopic (exact) mass is 312 g/mol. The number of fused-ring (bicyclic) bond motifs is 3. The highest BCUT2D eigenvalue weighted by molar-refractivity contribution is 7.99. The lowest BCUT2D eigenvalue weighted by Gasteiger charge is -2.07. The van der Waals surface area contributed by atoms with E-state index in [0.717, 1.165) is 27.3 Å². The fraction of sp³-hybridized carbons (Fsp3) is 0.188. The van der Waals surface area contributed by atoms with Crippen molar-refractivity contribution in [2.45, 2.75) is 12.1 Å². The van der Waals surface area contributed by atoms with Gasteiger partial charge < -0.3 is 5.32 Å². The third-order valence-corrected chi connectivity index (χ3v) is 4.28. The number of pyridine rings is 1. The molecule has 1 amide bonds. The molecule has 0 aliphatic rings. The summed E-state index contributed by atoms with van der Waals surface area (Å²) in [6, 6.07) is 10.1. The molecule has 5 nitrogen and oxygen atoms in total. The van der Waals surface area contributed by atoms with Crippen LogP contribution in [0.2, 0.25) is 0 Å². The molecule has 0 unspecified atom stereocenters. The third-order valence-electron chi connectivity index (χ3n) is 3.35. The minimum absolute atomic E-state index is 0.0435. The Labute approximate surface area is 132 Å². The van der Waals surface area contributed by atoms with Crippen molar-refractivity contribution in [3.63, 3.8) is 0 Å². The molecule has 0 fully saturated rings. The minimum atomic E-state index is -0.0435. The summed E-state index contributed by atoms with van der Waals surface area (Å²) in [5, 5.41) is 13.1. The molecule has 2 aromatic heterocycles. The van der Waals surface area contributed by atoms with Crippen molar-refractivity contribution in [1.82, 2.24) is 19.9 Å². The van der Waals surface area contributed by atoms with Gasteiger partial charge in [0.05, 0.1) is 11.3 Å². The Kier molecular flexibility index (Phi) is 4.11. The minimum Gasteiger partial charge on any atom is -0.352 e. The van der Waals surface area contributed by atoms with Gasteiger partial charge in [0.2, 0.25) is 5.91 Å². The van der Waals surface area contributed by atoms with Gasteiger partial charge in [-0.15, -0.1) is 16.8 Å². The van der Waals surface area contributed by atoms with Gasteiger partial charge in [-0.1, -0.05) is 36.0 Å². The lowest BCUT2D eigenvalue weighted by molar-refractivity contribution is -0.118. The van der Waals surface area contributed by atoms with Crippen molar-refractivity contribution >= 4 is 34.2 Å². The molecule has 0 radical (unpaired) electrons. The number of amides is 1. The number of carbonyl (C=O) groups is 1. The molecular weight excluding hydrogens is 296 g/mol. The fourth-order valence-corrected chi connectivity index (χ4v) is 3.12. The van der Waals surface area contributed by atoms with E-state index in [0.29, 0.717) is 12.3 Å². The zero-order valence-corrected chi connectivity index (χ0v) is 13.1. The second-order valence-electron chi connectivity index (χ2n) is 4.90. The Morgan fingerprint density at radius 3 is 3.05 bits per heavy atom. The van der Waals surface area contributed by atoms with Crippen LogP contribution in [0.1, 0.15) is 5.56 Å². The summed E-state index contributed by atoms with van der Waals surface area (Å²) < 4.78 is 1.99. The summed E-state index contributed by atoms with van der Waals surface area (Å²) in [6.45, 7) is 6.11. The number of hydrogen-bond acceptors (Lipinski definition) is 4. The Hall–Kier alpha value is -2.34. The molecule has 6 heteroatoms. The van der Waals surface area contributed by atoms with Gasteiger partial charge >= 0.3 is 0 Å². The van der Waals surface area contributed by atoms with Crippen molar-refractivity contribution < 1.29 is 4.79 Å². The van der Waals surface area contributed by atoms with Crippen molar-refractivity contribution in [1.29, 1.82) is 0 Å². The number of aryl methyl sites for hydroxylation is 1. The Balaban J connectivity index is 1.96. The second kappa shape index (κ2) is 6.19. The van der Waals surface area contributed by atoms with E-state index in [1.165, 1.54) is 11.8 Å². The maximum Gasteiger partial charge on any atom is 0.230 e. The molecule has 0 atom stereocenters. The molecule has 0 aliphatic heterocycles. The summed E-state index contributed by atoms with van der Waals surface area (Å²) in [5.74, 6) is 0.259.